The molecule has 2 aromatic carbocycles. The van der Waals surface area contributed by atoms with Gasteiger partial charge in [-0.1, -0.05) is 40.2 Å². The molecule has 1 atom stereocenters. The lowest BCUT2D eigenvalue weighted by Gasteiger charge is -2.34. The summed E-state index contributed by atoms with van der Waals surface area (Å²) in [5.74, 6) is -1.40. The highest BCUT2D eigenvalue weighted by Gasteiger charge is 2.31. The molecule has 0 aromatic heterocycles. The van der Waals surface area contributed by atoms with Crippen LogP contribution >= 0.6 is 15.9 Å². The summed E-state index contributed by atoms with van der Waals surface area (Å²) in [6, 6.07) is 11.6. The third kappa shape index (κ3) is 4.05. The molecule has 2 amide bonds. The zero-order chi connectivity index (χ0) is 18.0. The van der Waals surface area contributed by atoms with Crippen LogP contribution in [0.5, 0.6) is 0 Å². The van der Waals surface area contributed by atoms with Crippen molar-refractivity contribution in [2.24, 2.45) is 5.73 Å². The molecule has 0 saturated heterocycles. The number of hydrogen-bond acceptors (Lipinski definition) is 3. The maximum atomic E-state index is 13.9. The number of hydrogen-bond donors (Lipinski definition) is 2. The van der Waals surface area contributed by atoms with Crippen LogP contribution in [0.3, 0.4) is 0 Å². The molecule has 0 bridgehead atoms. The molecule has 130 valence electrons. The molecule has 7 heteroatoms. The maximum Gasteiger partial charge on any atom is 0.238 e. The molecule has 0 saturated carbocycles. The molecule has 2 aromatic rings. The highest BCUT2D eigenvalue weighted by Crippen LogP contribution is 2.24. The van der Waals surface area contributed by atoms with Crippen LogP contribution in [0, 0.1) is 5.82 Å². The lowest BCUT2D eigenvalue weighted by atomic mass is 9.93. The molecule has 3 rings (SSSR count). The highest BCUT2D eigenvalue weighted by atomic mass is 79.9. The molecule has 3 N–H and O–H groups in total. The third-order valence-electron chi connectivity index (χ3n) is 4.23. The van der Waals surface area contributed by atoms with Crippen LogP contribution in [0.1, 0.15) is 11.1 Å². The molecule has 1 heterocycles. The molecule has 0 unspecified atom stereocenters. The number of nitrogens with zero attached hydrogens (tertiary/aromatic N) is 1. The zero-order valence-corrected chi connectivity index (χ0v) is 14.9. The van der Waals surface area contributed by atoms with Crippen LogP contribution in [0.15, 0.2) is 46.9 Å². The van der Waals surface area contributed by atoms with Crippen LogP contribution in [0.2, 0.25) is 0 Å². The number of fused-ring (bicyclic) bond motifs is 1. The third-order valence-corrected chi connectivity index (χ3v) is 4.72. The first-order chi connectivity index (χ1) is 11.9. The number of carbonyl (C=O) groups is 2. The fourth-order valence-electron chi connectivity index (χ4n) is 2.99. The Labute approximate surface area is 153 Å². The molecule has 5 nitrogen and oxygen atoms in total. The number of halogens is 2. The van der Waals surface area contributed by atoms with Gasteiger partial charge < -0.3 is 11.1 Å². The normalized spacial score (nSPS) is 17.0. The van der Waals surface area contributed by atoms with Gasteiger partial charge in [-0.2, -0.15) is 0 Å². The summed E-state index contributed by atoms with van der Waals surface area (Å²) in [7, 11) is 0. The monoisotopic (exact) mass is 405 g/mol. The van der Waals surface area contributed by atoms with Gasteiger partial charge >= 0.3 is 0 Å². The molecule has 25 heavy (non-hydrogen) atoms. The van der Waals surface area contributed by atoms with E-state index < -0.39 is 23.7 Å². The fraction of sp³-hybridized carbons (Fsp3) is 0.222. The largest absolute Gasteiger partial charge is 0.368 e. The highest BCUT2D eigenvalue weighted by molar-refractivity contribution is 9.10. The van der Waals surface area contributed by atoms with Gasteiger partial charge in [0.1, 0.15) is 5.82 Å². The number of nitrogens with two attached hydrogens (primary N) is 1. The summed E-state index contributed by atoms with van der Waals surface area (Å²) < 4.78 is 14.4. The van der Waals surface area contributed by atoms with Gasteiger partial charge in [0, 0.05) is 11.0 Å². The number of benzene rings is 2. The van der Waals surface area contributed by atoms with Gasteiger partial charge in [0.25, 0.3) is 0 Å². The Morgan fingerprint density at radius 2 is 1.96 bits per heavy atom. The Morgan fingerprint density at radius 3 is 2.64 bits per heavy atom. The lowest BCUT2D eigenvalue weighted by Crippen LogP contribution is -2.50. The van der Waals surface area contributed by atoms with Crippen molar-refractivity contribution in [1.29, 1.82) is 0 Å². The fourth-order valence-corrected chi connectivity index (χ4v) is 3.32. The first-order valence-corrected chi connectivity index (χ1v) is 8.58. The Bertz CT molecular complexity index is 828. The Kier molecular flexibility index (Phi) is 5.15. The summed E-state index contributed by atoms with van der Waals surface area (Å²) in [5, 5.41) is 2.54. The zero-order valence-electron chi connectivity index (χ0n) is 13.3. The Hall–Kier alpha value is -2.25. The molecular formula is C18H17BrFN3O2. The van der Waals surface area contributed by atoms with E-state index in [1.165, 1.54) is 12.1 Å². The van der Waals surface area contributed by atoms with E-state index in [1.807, 2.05) is 24.3 Å². The molecule has 0 radical (unpaired) electrons. The van der Waals surface area contributed by atoms with Crippen molar-refractivity contribution in [3.63, 3.8) is 0 Å². The minimum absolute atomic E-state index is 0.0442. The van der Waals surface area contributed by atoms with Gasteiger partial charge in [-0.05, 0) is 35.7 Å². The summed E-state index contributed by atoms with van der Waals surface area (Å²) in [5.41, 5.74) is 7.72. The van der Waals surface area contributed by atoms with Gasteiger partial charge in [-0.25, -0.2) is 4.39 Å². The van der Waals surface area contributed by atoms with E-state index in [-0.39, 0.29) is 12.2 Å². The molecule has 1 aliphatic rings. The number of anilines is 1. The van der Waals surface area contributed by atoms with Crippen LogP contribution in [-0.2, 0) is 22.6 Å². The molecular weight excluding hydrogens is 389 g/mol. The number of nitrogens with one attached hydrogen (secondary N) is 1. The van der Waals surface area contributed by atoms with Crippen LogP contribution in [0.4, 0.5) is 10.1 Å². The van der Waals surface area contributed by atoms with Crippen molar-refractivity contribution >= 4 is 33.4 Å². The predicted octanol–water partition coefficient (Wildman–Crippen LogP) is 2.44. The van der Waals surface area contributed by atoms with E-state index in [1.54, 1.807) is 11.0 Å². The van der Waals surface area contributed by atoms with Gasteiger partial charge in [0.2, 0.25) is 11.8 Å². The van der Waals surface area contributed by atoms with Crippen molar-refractivity contribution in [3.05, 3.63) is 63.9 Å². The Balaban J connectivity index is 1.74. The van der Waals surface area contributed by atoms with Crippen molar-refractivity contribution in [3.8, 4) is 0 Å². The van der Waals surface area contributed by atoms with Crippen LogP contribution in [0.25, 0.3) is 0 Å². The number of carbonyl (C=O) groups excluding carboxylic acids is 2. The smallest absolute Gasteiger partial charge is 0.238 e. The quantitative estimate of drug-likeness (QED) is 0.819. The average molecular weight is 406 g/mol. The van der Waals surface area contributed by atoms with E-state index in [0.29, 0.717) is 17.4 Å². The first-order valence-electron chi connectivity index (χ1n) is 7.79. The van der Waals surface area contributed by atoms with E-state index >= 15 is 0 Å². The minimum atomic E-state index is -0.560. The SMILES string of the molecule is NC(=O)[C@H]1Cc2ccccc2CN1CC(=O)Nc1ccc(Br)cc1F. The number of rotatable bonds is 4. The van der Waals surface area contributed by atoms with Crippen molar-refractivity contribution in [1.82, 2.24) is 4.90 Å². The average Bonchev–Trinajstić information content (AvgIpc) is 2.56. The first kappa shape index (κ1) is 17.6. The van der Waals surface area contributed by atoms with Gasteiger partial charge in [-0.15, -0.1) is 0 Å². The molecule has 1 aliphatic heterocycles. The van der Waals surface area contributed by atoms with Crippen molar-refractivity contribution in [2.75, 3.05) is 11.9 Å². The van der Waals surface area contributed by atoms with Gasteiger partial charge in [0.05, 0.1) is 18.3 Å². The summed E-state index contributed by atoms with van der Waals surface area (Å²) in [4.78, 5) is 25.8. The van der Waals surface area contributed by atoms with Crippen molar-refractivity contribution < 1.29 is 14.0 Å². The molecule has 0 aliphatic carbocycles. The molecule has 0 fully saturated rings. The summed E-state index contributed by atoms with van der Waals surface area (Å²) >= 11 is 3.17. The van der Waals surface area contributed by atoms with Gasteiger partial charge in [-0.3, -0.25) is 14.5 Å². The number of primary amides is 1. The number of amides is 2. The van der Waals surface area contributed by atoms with Crippen LogP contribution in [-0.4, -0.2) is 29.3 Å². The second-order valence-electron chi connectivity index (χ2n) is 5.97. The maximum absolute atomic E-state index is 13.9. The molecule has 0 spiro atoms. The lowest BCUT2D eigenvalue weighted by molar-refractivity contribution is -0.125. The second kappa shape index (κ2) is 7.33. The summed E-state index contributed by atoms with van der Waals surface area (Å²) in [6.45, 7) is 0.400. The minimum Gasteiger partial charge on any atom is -0.368 e. The van der Waals surface area contributed by atoms with Gasteiger partial charge in [0.15, 0.2) is 0 Å². The standard InChI is InChI=1S/C18H17BrFN3O2/c19-13-5-6-15(14(20)8-13)22-17(24)10-23-9-12-4-2-1-3-11(12)7-16(23)18(21)25/h1-6,8,16H,7,9-10H2,(H2,21,25)(H,22,24)/t16-/m1/s1. The summed E-state index contributed by atoms with van der Waals surface area (Å²) in [6.07, 6.45) is 0.464. The van der Waals surface area contributed by atoms with E-state index in [4.69, 9.17) is 5.73 Å². The Morgan fingerprint density at radius 1 is 1.24 bits per heavy atom. The van der Waals surface area contributed by atoms with E-state index in [2.05, 4.69) is 21.2 Å². The van der Waals surface area contributed by atoms with E-state index in [0.717, 1.165) is 11.1 Å². The topological polar surface area (TPSA) is 75.4 Å². The second-order valence-corrected chi connectivity index (χ2v) is 6.88. The predicted molar refractivity (Wildman–Crippen MR) is 96.3 cm³/mol. The van der Waals surface area contributed by atoms with E-state index in [9.17, 15) is 14.0 Å². The van der Waals surface area contributed by atoms with Crippen molar-refractivity contribution in [2.45, 2.75) is 19.0 Å². The van der Waals surface area contributed by atoms with Crippen LogP contribution < -0.4 is 11.1 Å².